The highest BCUT2D eigenvalue weighted by molar-refractivity contribution is 6.33. The molecular formula is C14H22ClN3. The highest BCUT2D eigenvalue weighted by Crippen LogP contribution is 2.31. The Hall–Kier alpha value is -0.800. The molecule has 0 spiro atoms. The number of rotatable bonds is 6. The largest absolute Gasteiger partial charge is 0.355 e. The quantitative estimate of drug-likeness (QED) is 0.802. The number of hydrogen-bond acceptors (Lipinski definition) is 3. The Kier molecular flexibility index (Phi) is 4.84. The number of pyridine rings is 1. The molecule has 0 atom stereocenters. The first-order chi connectivity index (χ1) is 8.72. The lowest BCUT2D eigenvalue weighted by Crippen LogP contribution is -2.37. The fourth-order valence-electron chi connectivity index (χ4n) is 2.18. The minimum Gasteiger partial charge on any atom is -0.355 e. The van der Waals surface area contributed by atoms with Gasteiger partial charge in [-0.05, 0) is 43.9 Å². The van der Waals surface area contributed by atoms with Crippen LogP contribution in [0.5, 0.6) is 0 Å². The van der Waals surface area contributed by atoms with Gasteiger partial charge in [0.15, 0.2) is 0 Å². The second kappa shape index (κ2) is 6.39. The molecule has 2 rings (SSSR count). The maximum absolute atomic E-state index is 6.33. The van der Waals surface area contributed by atoms with Crippen molar-refractivity contribution in [3.8, 4) is 0 Å². The average molecular weight is 268 g/mol. The molecule has 1 aliphatic carbocycles. The summed E-state index contributed by atoms with van der Waals surface area (Å²) >= 11 is 6.33. The van der Waals surface area contributed by atoms with Crippen LogP contribution in [-0.4, -0.2) is 24.6 Å². The Labute approximate surface area is 115 Å². The number of aromatic nitrogens is 1. The van der Waals surface area contributed by atoms with E-state index in [9.17, 15) is 0 Å². The molecule has 1 aromatic rings. The highest BCUT2D eigenvalue weighted by atomic mass is 35.5. The molecule has 0 amide bonds. The van der Waals surface area contributed by atoms with E-state index in [1.165, 1.54) is 19.3 Å². The second-order valence-electron chi connectivity index (χ2n) is 5.02. The number of hydrogen-bond donors (Lipinski definition) is 1. The van der Waals surface area contributed by atoms with Gasteiger partial charge in [-0.1, -0.05) is 18.5 Å². The summed E-state index contributed by atoms with van der Waals surface area (Å²) < 4.78 is 0. The van der Waals surface area contributed by atoms with E-state index in [1.807, 2.05) is 12.3 Å². The van der Waals surface area contributed by atoms with Crippen LogP contribution in [0.1, 0.15) is 38.2 Å². The second-order valence-corrected chi connectivity index (χ2v) is 5.43. The van der Waals surface area contributed by atoms with E-state index >= 15 is 0 Å². The van der Waals surface area contributed by atoms with Crippen LogP contribution in [0.3, 0.4) is 0 Å². The molecular weight excluding hydrogens is 246 g/mol. The third kappa shape index (κ3) is 3.15. The summed E-state index contributed by atoms with van der Waals surface area (Å²) in [7, 11) is 2.09. The first-order valence-corrected chi connectivity index (χ1v) is 7.18. The summed E-state index contributed by atoms with van der Waals surface area (Å²) in [6.07, 6.45) is 6.91. The average Bonchev–Trinajstić information content (AvgIpc) is 2.27. The van der Waals surface area contributed by atoms with Gasteiger partial charge in [0.2, 0.25) is 0 Å². The first kappa shape index (κ1) is 13.6. The van der Waals surface area contributed by atoms with E-state index in [2.05, 4.69) is 29.2 Å². The van der Waals surface area contributed by atoms with Crippen molar-refractivity contribution in [1.82, 2.24) is 10.3 Å². The minimum absolute atomic E-state index is 0.624. The van der Waals surface area contributed by atoms with Crippen LogP contribution < -0.4 is 10.2 Å². The topological polar surface area (TPSA) is 28.2 Å². The monoisotopic (exact) mass is 267 g/mol. The molecule has 1 saturated carbocycles. The maximum atomic E-state index is 6.33. The summed E-state index contributed by atoms with van der Waals surface area (Å²) in [4.78, 5) is 6.73. The zero-order valence-electron chi connectivity index (χ0n) is 11.2. The van der Waals surface area contributed by atoms with Crippen molar-refractivity contribution in [2.24, 2.45) is 0 Å². The molecule has 1 heterocycles. The van der Waals surface area contributed by atoms with E-state index in [1.54, 1.807) is 0 Å². The van der Waals surface area contributed by atoms with Crippen molar-refractivity contribution >= 4 is 17.4 Å². The van der Waals surface area contributed by atoms with E-state index in [-0.39, 0.29) is 0 Å². The minimum atomic E-state index is 0.624. The molecule has 18 heavy (non-hydrogen) atoms. The lowest BCUT2D eigenvalue weighted by molar-refractivity contribution is 0.399. The van der Waals surface area contributed by atoms with Gasteiger partial charge in [0.25, 0.3) is 0 Å². The smallest absolute Gasteiger partial charge is 0.147 e. The Morgan fingerprint density at radius 3 is 2.83 bits per heavy atom. The van der Waals surface area contributed by atoms with Crippen molar-refractivity contribution < 1.29 is 0 Å². The molecule has 0 unspecified atom stereocenters. The molecule has 0 bridgehead atoms. The van der Waals surface area contributed by atoms with E-state index in [4.69, 9.17) is 11.6 Å². The van der Waals surface area contributed by atoms with Crippen LogP contribution in [0, 0.1) is 0 Å². The van der Waals surface area contributed by atoms with Gasteiger partial charge in [0, 0.05) is 25.8 Å². The van der Waals surface area contributed by atoms with Gasteiger partial charge < -0.3 is 10.2 Å². The number of nitrogens with one attached hydrogen (secondary N) is 1. The molecule has 0 saturated heterocycles. The summed E-state index contributed by atoms with van der Waals surface area (Å²) in [5.41, 5.74) is 1.15. The van der Waals surface area contributed by atoms with Gasteiger partial charge in [-0.2, -0.15) is 0 Å². The first-order valence-electron chi connectivity index (χ1n) is 6.80. The van der Waals surface area contributed by atoms with Crippen molar-refractivity contribution in [2.75, 3.05) is 18.5 Å². The molecule has 1 aromatic heterocycles. The summed E-state index contributed by atoms with van der Waals surface area (Å²) in [5, 5.41) is 4.12. The van der Waals surface area contributed by atoms with Crippen molar-refractivity contribution in [3.63, 3.8) is 0 Å². The van der Waals surface area contributed by atoms with E-state index < -0.39 is 0 Å². The zero-order chi connectivity index (χ0) is 13.0. The summed E-state index contributed by atoms with van der Waals surface area (Å²) in [6, 6.07) is 2.65. The normalized spacial score (nSPS) is 15.5. The third-order valence-electron chi connectivity index (χ3n) is 3.59. The Morgan fingerprint density at radius 1 is 1.50 bits per heavy atom. The third-order valence-corrected chi connectivity index (χ3v) is 3.87. The van der Waals surface area contributed by atoms with Gasteiger partial charge in [0.05, 0.1) is 5.02 Å². The predicted molar refractivity (Wildman–Crippen MR) is 77.3 cm³/mol. The highest BCUT2D eigenvalue weighted by Gasteiger charge is 2.24. The SMILES string of the molecule is CCCNCc1cnc(N(C)C2CCC2)c(Cl)c1. The molecule has 1 N–H and O–H groups in total. The van der Waals surface area contributed by atoms with Crippen LogP contribution in [0.15, 0.2) is 12.3 Å². The molecule has 100 valence electrons. The van der Waals surface area contributed by atoms with Crippen LogP contribution in [-0.2, 0) is 6.54 Å². The molecule has 1 aliphatic rings. The number of halogens is 1. The lowest BCUT2D eigenvalue weighted by Gasteiger charge is -2.36. The van der Waals surface area contributed by atoms with Gasteiger partial charge >= 0.3 is 0 Å². The van der Waals surface area contributed by atoms with Crippen LogP contribution in [0.25, 0.3) is 0 Å². The summed E-state index contributed by atoms with van der Waals surface area (Å²) in [6.45, 7) is 4.03. The predicted octanol–water partition coefficient (Wildman–Crippen LogP) is 3.22. The Balaban J connectivity index is 2.00. The zero-order valence-corrected chi connectivity index (χ0v) is 12.0. The maximum Gasteiger partial charge on any atom is 0.147 e. The van der Waals surface area contributed by atoms with Gasteiger partial charge in [-0.25, -0.2) is 4.98 Å². The van der Waals surface area contributed by atoms with Crippen LogP contribution >= 0.6 is 11.6 Å². The fourth-order valence-corrected chi connectivity index (χ4v) is 2.51. The van der Waals surface area contributed by atoms with Gasteiger partial charge in [-0.15, -0.1) is 0 Å². The van der Waals surface area contributed by atoms with Crippen molar-refractivity contribution in [1.29, 1.82) is 0 Å². The van der Waals surface area contributed by atoms with E-state index in [0.29, 0.717) is 6.04 Å². The van der Waals surface area contributed by atoms with Crippen LogP contribution in [0.2, 0.25) is 5.02 Å². The van der Waals surface area contributed by atoms with E-state index in [0.717, 1.165) is 35.9 Å². The van der Waals surface area contributed by atoms with Gasteiger partial charge in [-0.3, -0.25) is 0 Å². The molecule has 0 radical (unpaired) electrons. The standard InChI is InChI=1S/C14H22ClN3/c1-3-7-16-9-11-8-13(15)14(17-10-11)18(2)12-5-4-6-12/h8,10,12,16H,3-7,9H2,1-2H3. The van der Waals surface area contributed by atoms with Crippen molar-refractivity contribution in [2.45, 2.75) is 45.2 Å². The van der Waals surface area contributed by atoms with Gasteiger partial charge in [0.1, 0.15) is 5.82 Å². The number of anilines is 1. The molecule has 1 fully saturated rings. The Morgan fingerprint density at radius 2 is 2.28 bits per heavy atom. The molecule has 3 nitrogen and oxygen atoms in total. The Bertz CT molecular complexity index is 391. The molecule has 0 aromatic carbocycles. The number of nitrogens with zero attached hydrogens (tertiary/aromatic N) is 2. The summed E-state index contributed by atoms with van der Waals surface area (Å²) in [5.74, 6) is 0.917. The van der Waals surface area contributed by atoms with Crippen LogP contribution in [0.4, 0.5) is 5.82 Å². The van der Waals surface area contributed by atoms with Crippen molar-refractivity contribution in [3.05, 3.63) is 22.8 Å². The fraction of sp³-hybridized carbons (Fsp3) is 0.643. The molecule has 4 heteroatoms. The molecule has 0 aliphatic heterocycles. The lowest BCUT2D eigenvalue weighted by atomic mass is 9.92.